The predicted molar refractivity (Wildman–Crippen MR) is 110 cm³/mol. The van der Waals surface area contributed by atoms with Gasteiger partial charge in [0.2, 0.25) is 0 Å². The summed E-state index contributed by atoms with van der Waals surface area (Å²) in [6.07, 6.45) is -0.0865. The molecule has 3 aromatic rings. The van der Waals surface area contributed by atoms with Gasteiger partial charge in [0, 0.05) is 29.0 Å². The predicted octanol–water partition coefficient (Wildman–Crippen LogP) is 3.82. The highest BCUT2D eigenvalue weighted by Crippen LogP contribution is 2.28. The summed E-state index contributed by atoms with van der Waals surface area (Å²) >= 11 is 0. The van der Waals surface area contributed by atoms with Crippen LogP contribution in [0.1, 0.15) is 34.3 Å². The first-order valence-electron chi connectivity index (χ1n) is 9.35. The fourth-order valence-electron chi connectivity index (χ4n) is 3.06. The van der Waals surface area contributed by atoms with E-state index in [1.807, 2.05) is 19.1 Å². The van der Waals surface area contributed by atoms with Crippen molar-refractivity contribution in [2.45, 2.75) is 26.4 Å². The lowest BCUT2D eigenvalue weighted by atomic mass is 10.1. The Morgan fingerprint density at radius 1 is 0.933 bits per heavy atom. The number of ether oxygens (including phenoxy) is 3. The number of ketones is 1. The lowest BCUT2D eigenvalue weighted by Gasteiger charge is -2.09. The third-order valence-corrected chi connectivity index (χ3v) is 4.64. The van der Waals surface area contributed by atoms with Crippen molar-refractivity contribution in [2.75, 3.05) is 14.2 Å². The van der Waals surface area contributed by atoms with Gasteiger partial charge in [0.25, 0.3) is 0 Å². The number of methoxy groups -OCH3 is 2. The molecule has 0 spiro atoms. The topological polar surface area (TPSA) is 92.0 Å². The lowest BCUT2D eigenvalue weighted by molar-refractivity contribution is -0.144. The van der Waals surface area contributed by atoms with Crippen molar-refractivity contribution >= 4 is 22.7 Å². The molecule has 0 fully saturated rings. The first-order valence-corrected chi connectivity index (χ1v) is 9.35. The molecule has 0 unspecified atom stereocenters. The number of hydrogen-bond donors (Lipinski definition) is 0. The molecule has 0 bridgehead atoms. The van der Waals surface area contributed by atoms with E-state index in [1.165, 1.54) is 20.3 Å². The van der Waals surface area contributed by atoms with Gasteiger partial charge in [0.05, 0.1) is 20.6 Å². The van der Waals surface area contributed by atoms with Crippen LogP contribution in [-0.4, -0.2) is 26.0 Å². The van der Waals surface area contributed by atoms with Gasteiger partial charge < -0.3 is 18.6 Å². The van der Waals surface area contributed by atoms with Crippen LogP contribution < -0.4 is 15.1 Å². The van der Waals surface area contributed by atoms with Crippen molar-refractivity contribution in [3.8, 4) is 11.5 Å². The van der Waals surface area contributed by atoms with Crippen LogP contribution in [0, 0.1) is 6.92 Å². The first-order chi connectivity index (χ1) is 14.4. The first kappa shape index (κ1) is 21.1. The number of hydrogen-bond acceptors (Lipinski definition) is 7. The zero-order valence-electron chi connectivity index (χ0n) is 17.0. The Labute approximate surface area is 173 Å². The van der Waals surface area contributed by atoms with Crippen molar-refractivity contribution in [1.29, 1.82) is 0 Å². The summed E-state index contributed by atoms with van der Waals surface area (Å²) in [5, 5.41) is 0.703. The third-order valence-electron chi connectivity index (χ3n) is 4.64. The largest absolute Gasteiger partial charge is 0.493 e. The molecular formula is C23H22O7. The maximum absolute atomic E-state index is 12.4. The summed E-state index contributed by atoms with van der Waals surface area (Å²) in [5.74, 6) is 0.214. The summed E-state index contributed by atoms with van der Waals surface area (Å²) < 4.78 is 20.8. The van der Waals surface area contributed by atoms with E-state index in [0.717, 1.165) is 5.56 Å². The van der Waals surface area contributed by atoms with E-state index in [2.05, 4.69) is 0 Å². The molecule has 156 valence electrons. The summed E-state index contributed by atoms with van der Waals surface area (Å²) in [7, 11) is 3.00. The average molecular weight is 410 g/mol. The molecule has 0 atom stereocenters. The Hall–Kier alpha value is -3.61. The van der Waals surface area contributed by atoms with Crippen molar-refractivity contribution < 1.29 is 28.2 Å². The Balaban J connectivity index is 1.61. The Morgan fingerprint density at radius 3 is 2.43 bits per heavy atom. The minimum Gasteiger partial charge on any atom is -0.493 e. The van der Waals surface area contributed by atoms with Crippen LogP contribution in [0.4, 0.5) is 0 Å². The normalized spacial score (nSPS) is 10.6. The molecule has 0 radical (unpaired) electrons. The highest BCUT2D eigenvalue weighted by atomic mass is 16.5. The molecule has 30 heavy (non-hydrogen) atoms. The van der Waals surface area contributed by atoms with Crippen molar-refractivity contribution in [2.24, 2.45) is 0 Å². The van der Waals surface area contributed by atoms with Crippen LogP contribution in [0.15, 0.2) is 51.7 Å². The fraction of sp³-hybridized carbons (Fsp3) is 0.261. The van der Waals surface area contributed by atoms with Crippen LogP contribution >= 0.6 is 0 Å². The van der Waals surface area contributed by atoms with Crippen molar-refractivity contribution in [3.63, 3.8) is 0 Å². The second-order valence-electron chi connectivity index (χ2n) is 6.74. The summed E-state index contributed by atoms with van der Waals surface area (Å²) in [5.41, 5.74) is 1.86. The molecule has 2 aromatic carbocycles. The van der Waals surface area contributed by atoms with E-state index in [-0.39, 0.29) is 25.2 Å². The van der Waals surface area contributed by atoms with E-state index in [0.29, 0.717) is 33.6 Å². The number of rotatable bonds is 8. The van der Waals surface area contributed by atoms with Crippen molar-refractivity contribution in [3.05, 3.63) is 69.6 Å². The van der Waals surface area contributed by atoms with Gasteiger partial charge in [-0.1, -0.05) is 12.1 Å². The molecule has 3 rings (SSSR count). The maximum atomic E-state index is 12.4. The molecule has 0 aliphatic rings. The molecule has 0 N–H and O–H groups in total. The monoisotopic (exact) mass is 410 g/mol. The average Bonchev–Trinajstić information content (AvgIpc) is 2.74. The zero-order valence-corrected chi connectivity index (χ0v) is 17.0. The Morgan fingerprint density at radius 2 is 1.70 bits per heavy atom. The van der Waals surface area contributed by atoms with Crippen molar-refractivity contribution in [1.82, 2.24) is 0 Å². The number of benzene rings is 2. The van der Waals surface area contributed by atoms with Gasteiger partial charge in [-0.05, 0) is 36.8 Å². The van der Waals surface area contributed by atoms with Gasteiger partial charge >= 0.3 is 11.6 Å². The zero-order chi connectivity index (χ0) is 21.7. The second kappa shape index (κ2) is 9.26. The quantitative estimate of drug-likeness (QED) is 0.317. The number of esters is 1. The molecular weight excluding hydrogens is 388 g/mol. The van der Waals surface area contributed by atoms with Gasteiger partial charge in [-0.15, -0.1) is 0 Å². The van der Waals surface area contributed by atoms with Gasteiger partial charge in [-0.3, -0.25) is 9.59 Å². The second-order valence-corrected chi connectivity index (χ2v) is 6.74. The van der Waals surface area contributed by atoms with Crippen LogP contribution in [-0.2, 0) is 16.1 Å². The third kappa shape index (κ3) is 4.86. The smallest absolute Gasteiger partial charge is 0.336 e. The van der Waals surface area contributed by atoms with E-state index in [1.54, 1.807) is 24.3 Å². The Bertz CT molecular complexity index is 1140. The SMILES string of the molecule is COc1ccc(C(=O)CCC(=O)OCc2cc(=O)oc3cc(C)ccc23)cc1OC. The fourth-order valence-corrected chi connectivity index (χ4v) is 3.06. The molecule has 0 aliphatic heterocycles. The van der Waals surface area contributed by atoms with Gasteiger partial charge in [0.15, 0.2) is 17.3 Å². The number of aryl methyl sites for hydroxylation is 1. The molecule has 7 nitrogen and oxygen atoms in total. The summed E-state index contributed by atoms with van der Waals surface area (Å²) in [6, 6.07) is 11.6. The number of carbonyl (C=O) groups is 2. The van der Waals surface area contributed by atoms with Gasteiger partial charge in [-0.25, -0.2) is 4.79 Å². The highest BCUT2D eigenvalue weighted by molar-refractivity contribution is 5.98. The minimum absolute atomic E-state index is 0.00874. The lowest BCUT2D eigenvalue weighted by Crippen LogP contribution is -2.10. The summed E-state index contributed by atoms with van der Waals surface area (Å²) in [4.78, 5) is 36.3. The standard InChI is InChI=1S/C23H22O7/c1-14-4-6-17-16(12-23(26)30-20(17)10-14)13-29-22(25)9-7-18(24)15-5-8-19(27-2)21(11-15)28-3/h4-6,8,10-12H,7,9,13H2,1-3H3. The molecule has 1 aromatic heterocycles. The molecule has 7 heteroatoms. The van der Waals surface area contributed by atoms with E-state index >= 15 is 0 Å². The number of fused-ring (bicyclic) bond motifs is 1. The van der Waals surface area contributed by atoms with Crippen LogP contribution in [0.2, 0.25) is 0 Å². The maximum Gasteiger partial charge on any atom is 0.336 e. The van der Waals surface area contributed by atoms with Gasteiger partial charge in [-0.2, -0.15) is 0 Å². The van der Waals surface area contributed by atoms with Crippen LogP contribution in [0.5, 0.6) is 11.5 Å². The van der Waals surface area contributed by atoms with Gasteiger partial charge in [0.1, 0.15) is 12.2 Å². The molecule has 0 aliphatic carbocycles. The van der Waals surface area contributed by atoms with Crippen LogP contribution in [0.3, 0.4) is 0 Å². The Kier molecular flexibility index (Phi) is 6.51. The minimum atomic E-state index is -0.530. The summed E-state index contributed by atoms with van der Waals surface area (Å²) in [6.45, 7) is 1.82. The molecule has 0 saturated heterocycles. The highest BCUT2D eigenvalue weighted by Gasteiger charge is 2.14. The number of carbonyl (C=O) groups excluding carboxylic acids is 2. The van der Waals surface area contributed by atoms with E-state index in [9.17, 15) is 14.4 Å². The van der Waals surface area contributed by atoms with E-state index in [4.69, 9.17) is 18.6 Å². The molecule has 0 amide bonds. The molecule has 0 saturated carbocycles. The number of Topliss-reactive ketones (excluding diaryl/α,β-unsaturated/α-hetero) is 1. The van der Waals surface area contributed by atoms with E-state index < -0.39 is 11.6 Å². The van der Waals surface area contributed by atoms with Crippen LogP contribution in [0.25, 0.3) is 11.0 Å². The molecule has 1 heterocycles.